The number of carbonyl (C=O) groups is 1. The lowest BCUT2D eigenvalue weighted by Gasteiger charge is -2.32. The number of piperidine rings is 1. The molecule has 156 valence electrons. The highest BCUT2D eigenvalue weighted by Gasteiger charge is 2.27. The number of rotatable bonds is 3. The molecule has 0 bridgehead atoms. The van der Waals surface area contributed by atoms with Crippen molar-refractivity contribution < 1.29 is 9.18 Å². The van der Waals surface area contributed by atoms with Gasteiger partial charge in [-0.3, -0.25) is 9.48 Å². The molecule has 6 heteroatoms. The van der Waals surface area contributed by atoms with Gasteiger partial charge in [-0.1, -0.05) is 42.5 Å². The van der Waals surface area contributed by atoms with Crippen LogP contribution in [0.25, 0.3) is 22.3 Å². The molecule has 2 aromatic heterocycles. The minimum Gasteiger partial charge on any atom is -0.339 e. The number of hydrogen-bond acceptors (Lipinski definition) is 3. The molecule has 0 radical (unpaired) electrons. The molecule has 31 heavy (non-hydrogen) atoms. The average Bonchev–Trinajstić information content (AvgIpc) is 3.19. The molecule has 3 heterocycles. The van der Waals surface area contributed by atoms with Gasteiger partial charge in [-0.25, -0.2) is 9.37 Å². The lowest BCUT2D eigenvalue weighted by molar-refractivity contribution is 0.0715. The van der Waals surface area contributed by atoms with Crippen molar-refractivity contribution in [3.63, 3.8) is 0 Å². The van der Waals surface area contributed by atoms with Crippen molar-refractivity contribution >= 4 is 16.9 Å². The highest BCUT2D eigenvalue weighted by molar-refractivity contribution is 6.06. The maximum Gasteiger partial charge on any atom is 0.254 e. The van der Waals surface area contributed by atoms with Crippen LogP contribution in [-0.4, -0.2) is 38.7 Å². The molecule has 0 N–H and O–H groups in total. The second-order valence-corrected chi connectivity index (χ2v) is 8.05. The number of nitrogens with zero attached hydrogens (tertiary/aromatic N) is 4. The Labute approximate surface area is 180 Å². The van der Waals surface area contributed by atoms with Crippen molar-refractivity contribution in [1.29, 1.82) is 0 Å². The first-order valence-corrected chi connectivity index (χ1v) is 10.5. The van der Waals surface area contributed by atoms with Crippen LogP contribution in [0, 0.1) is 5.82 Å². The van der Waals surface area contributed by atoms with Crippen molar-refractivity contribution in [2.24, 2.45) is 7.05 Å². The molecule has 0 atom stereocenters. The van der Waals surface area contributed by atoms with Gasteiger partial charge in [-0.15, -0.1) is 0 Å². The molecule has 1 aliphatic rings. The normalized spacial score (nSPS) is 14.8. The number of halogens is 1. The second-order valence-electron chi connectivity index (χ2n) is 8.05. The van der Waals surface area contributed by atoms with Crippen molar-refractivity contribution in [2.75, 3.05) is 13.1 Å². The lowest BCUT2D eigenvalue weighted by Crippen LogP contribution is -2.38. The van der Waals surface area contributed by atoms with E-state index in [1.807, 2.05) is 11.0 Å². The Hall–Kier alpha value is -3.54. The third kappa shape index (κ3) is 3.69. The molecule has 1 fully saturated rings. The number of aromatic nitrogens is 3. The van der Waals surface area contributed by atoms with Crippen LogP contribution in [-0.2, 0) is 7.05 Å². The molecule has 5 rings (SSSR count). The van der Waals surface area contributed by atoms with E-state index in [-0.39, 0.29) is 11.7 Å². The van der Waals surface area contributed by atoms with Crippen LogP contribution in [0.3, 0.4) is 0 Å². The molecule has 0 saturated carbocycles. The smallest absolute Gasteiger partial charge is 0.254 e. The standard InChI is InChI=1S/C25H23FN4O/c1-29-24-22(16-27-29)21(15-23(28-24)19-8-5-9-20(26)14-19)25(31)30-12-10-18(11-13-30)17-6-3-2-4-7-17/h2-9,14-16,18H,10-13H2,1H3. The van der Waals surface area contributed by atoms with Gasteiger partial charge >= 0.3 is 0 Å². The molecule has 5 nitrogen and oxygen atoms in total. The van der Waals surface area contributed by atoms with Gasteiger partial charge in [-0.05, 0) is 42.5 Å². The minimum absolute atomic E-state index is 0.0236. The first-order chi connectivity index (χ1) is 15.1. The summed E-state index contributed by atoms with van der Waals surface area (Å²) in [6.45, 7) is 1.41. The fourth-order valence-corrected chi connectivity index (χ4v) is 4.40. The van der Waals surface area contributed by atoms with Crippen molar-refractivity contribution in [3.05, 3.63) is 83.8 Å². The quantitative estimate of drug-likeness (QED) is 0.484. The highest BCUT2D eigenvalue weighted by Crippen LogP contribution is 2.30. The molecular weight excluding hydrogens is 391 g/mol. The summed E-state index contributed by atoms with van der Waals surface area (Å²) in [5.41, 5.74) is 3.72. The average molecular weight is 414 g/mol. The Bertz CT molecular complexity index is 1240. The number of amides is 1. The molecule has 1 amide bonds. The monoisotopic (exact) mass is 414 g/mol. The fraction of sp³-hybridized carbons (Fsp3) is 0.240. The molecule has 0 aliphatic carbocycles. The summed E-state index contributed by atoms with van der Waals surface area (Å²) >= 11 is 0. The molecular formula is C25H23FN4O. The van der Waals surface area contributed by atoms with Gasteiger partial charge in [0.1, 0.15) is 5.82 Å². The Morgan fingerprint density at radius 3 is 2.55 bits per heavy atom. The SMILES string of the molecule is Cn1ncc2c(C(=O)N3CCC(c4ccccc4)CC3)cc(-c3cccc(F)c3)nc21. The van der Waals surface area contributed by atoms with Gasteiger partial charge in [0, 0.05) is 25.7 Å². The van der Waals surface area contributed by atoms with Crippen LogP contribution in [0.5, 0.6) is 0 Å². The third-order valence-electron chi connectivity index (χ3n) is 6.11. The van der Waals surface area contributed by atoms with Crippen LogP contribution in [0.4, 0.5) is 4.39 Å². The summed E-state index contributed by atoms with van der Waals surface area (Å²) in [5.74, 6) is 0.119. The van der Waals surface area contributed by atoms with Crippen LogP contribution in [0.1, 0.15) is 34.7 Å². The van der Waals surface area contributed by atoms with Crippen molar-refractivity contribution in [2.45, 2.75) is 18.8 Å². The first kappa shape index (κ1) is 19.4. The number of benzene rings is 2. The Morgan fingerprint density at radius 2 is 1.81 bits per heavy atom. The maximum absolute atomic E-state index is 13.8. The zero-order valence-corrected chi connectivity index (χ0v) is 17.3. The van der Waals surface area contributed by atoms with E-state index in [1.54, 1.807) is 36.1 Å². The van der Waals surface area contributed by atoms with Gasteiger partial charge in [0.2, 0.25) is 0 Å². The van der Waals surface area contributed by atoms with Crippen LogP contribution >= 0.6 is 0 Å². The maximum atomic E-state index is 13.8. The topological polar surface area (TPSA) is 51.0 Å². The van der Waals surface area contributed by atoms with Crippen molar-refractivity contribution in [3.8, 4) is 11.3 Å². The van der Waals surface area contributed by atoms with E-state index in [2.05, 4.69) is 34.3 Å². The summed E-state index contributed by atoms with van der Waals surface area (Å²) in [7, 11) is 1.80. The number of carbonyl (C=O) groups excluding carboxylic acids is 1. The van der Waals surface area contributed by atoms with Gasteiger partial charge in [0.25, 0.3) is 5.91 Å². The predicted molar refractivity (Wildman–Crippen MR) is 118 cm³/mol. The van der Waals surface area contributed by atoms with E-state index in [0.717, 1.165) is 18.2 Å². The Kier molecular flexibility index (Phi) is 4.98. The second kappa shape index (κ2) is 7.95. The number of aryl methyl sites for hydroxylation is 1. The van der Waals surface area contributed by atoms with Crippen LogP contribution in [0.2, 0.25) is 0 Å². The third-order valence-corrected chi connectivity index (χ3v) is 6.11. The zero-order valence-electron chi connectivity index (χ0n) is 17.3. The van der Waals surface area contributed by atoms with E-state index in [4.69, 9.17) is 0 Å². The summed E-state index contributed by atoms with van der Waals surface area (Å²) in [5, 5.41) is 5.02. The molecule has 1 aliphatic heterocycles. The number of fused-ring (bicyclic) bond motifs is 1. The molecule has 4 aromatic rings. The molecule has 2 aromatic carbocycles. The van der Waals surface area contributed by atoms with E-state index in [1.165, 1.54) is 17.7 Å². The van der Waals surface area contributed by atoms with E-state index in [9.17, 15) is 9.18 Å². The summed E-state index contributed by atoms with van der Waals surface area (Å²) in [4.78, 5) is 20.1. The summed E-state index contributed by atoms with van der Waals surface area (Å²) < 4.78 is 15.4. The number of hydrogen-bond donors (Lipinski definition) is 0. The van der Waals surface area contributed by atoms with Crippen LogP contribution < -0.4 is 0 Å². The zero-order chi connectivity index (χ0) is 21.4. The first-order valence-electron chi connectivity index (χ1n) is 10.5. The van der Waals surface area contributed by atoms with Gasteiger partial charge in [0.05, 0.1) is 22.8 Å². The van der Waals surface area contributed by atoms with Gasteiger partial charge in [-0.2, -0.15) is 5.10 Å². The van der Waals surface area contributed by atoms with Gasteiger partial charge < -0.3 is 4.90 Å². The van der Waals surface area contributed by atoms with E-state index < -0.39 is 0 Å². The Balaban J connectivity index is 1.46. The molecule has 0 spiro atoms. The lowest BCUT2D eigenvalue weighted by atomic mass is 9.89. The fourth-order valence-electron chi connectivity index (χ4n) is 4.40. The minimum atomic E-state index is -0.333. The molecule has 0 unspecified atom stereocenters. The van der Waals surface area contributed by atoms with E-state index >= 15 is 0 Å². The predicted octanol–water partition coefficient (Wildman–Crippen LogP) is 4.79. The number of pyridine rings is 1. The highest BCUT2D eigenvalue weighted by atomic mass is 19.1. The van der Waals surface area contributed by atoms with Crippen LogP contribution in [0.15, 0.2) is 66.9 Å². The summed E-state index contributed by atoms with van der Waals surface area (Å²) in [6.07, 6.45) is 3.56. The van der Waals surface area contributed by atoms with Gasteiger partial charge in [0.15, 0.2) is 5.65 Å². The van der Waals surface area contributed by atoms with E-state index in [0.29, 0.717) is 41.5 Å². The van der Waals surface area contributed by atoms with Crippen molar-refractivity contribution in [1.82, 2.24) is 19.7 Å². The largest absolute Gasteiger partial charge is 0.339 e. The number of likely N-dealkylation sites (tertiary alicyclic amines) is 1. The Morgan fingerprint density at radius 1 is 1.03 bits per heavy atom. The molecule has 1 saturated heterocycles. The summed E-state index contributed by atoms with van der Waals surface area (Å²) in [6, 6.07) is 18.5.